The van der Waals surface area contributed by atoms with Gasteiger partial charge >= 0.3 is 0 Å². The van der Waals surface area contributed by atoms with E-state index >= 15 is 0 Å². The Kier molecular flexibility index (Phi) is 7.87. The zero-order chi connectivity index (χ0) is 24.5. The fourth-order valence-corrected chi connectivity index (χ4v) is 2.98. The SMILES string of the molecule is COc1cccc(C=C(C#N)C(=O)Nc2ccc(O)cc2)c1OCC(=O)Nc1ccc(C)cc1. The van der Waals surface area contributed by atoms with Crippen LogP contribution in [0.25, 0.3) is 6.08 Å². The maximum absolute atomic E-state index is 12.6. The molecular weight excluding hydrogens is 434 g/mol. The van der Waals surface area contributed by atoms with Gasteiger partial charge in [-0.3, -0.25) is 9.59 Å². The van der Waals surface area contributed by atoms with Gasteiger partial charge in [0.05, 0.1) is 7.11 Å². The number of carbonyl (C=O) groups is 2. The normalized spacial score (nSPS) is 10.7. The van der Waals surface area contributed by atoms with Crippen molar-refractivity contribution in [2.45, 2.75) is 6.92 Å². The first-order valence-corrected chi connectivity index (χ1v) is 10.3. The zero-order valence-corrected chi connectivity index (χ0v) is 18.7. The summed E-state index contributed by atoms with van der Waals surface area (Å²) in [4.78, 5) is 25.0. The van der Waals surface area contributed by atoms with E-state index in [1.54, 1.807) is 30.3 Å². The van der Waals surface area contributed by atoms with Crippen molar-refractivity contribution in [2.24, 2.45) is 0 Å². The number of carbonyl (C=O) groups excluding carboxylic acids is 2. The Balaban J connectivity index is 1.78. The summed E-state index contributed by atoms with van der Waals surface area (Å²) in [6, 6.07) is 20.0. The van der Waals surface area contributed by atoms with Crippen molar-refractivity contribution in [1.29, 1.82) is 5.26 Å². The molecule has 3 aromatic rings. The van der Waals surface area contributed by atoms with Crippen LogP contribution < -0.4 is 20.1 Å². The number of nitrogens with zero attached hydrogens (tertiary/aromatic N) is 1. The maximum Gasteiger partial charge on any atom is 0.266 e. The van der Waals surface area contributed by atoms with Gasteiger partial charge < -0.3 is 25.2 Å². The molecule has 0 spiro atoms. The molecule has 3 aromatic carbocycles. The minimum Gasteiger partial charge on any atom is -0.508 e. The van der Waals surface area contributed by atoms with Crippen LogP contribution in [0, 0.1) is 18.3 Å². The lowest BCUT2D eigenvalue weighted by molar-refractivity contribution is -0.118. The van der Waals surface area contributed by atoms with Crippen molar-refractivity contribution >= 4 is 29.3 Å². The van der Waals surface area contributed by atoms with Gasteiger partial charge in [0, 0.05) is 16.9 Å². The molecule has 0 fully saturated rings. The predicted molar refractivity (Wildman–Crippen MR) is 129 cm³/mol. The third kappa shape index (κ3) is 6.37. The second-order valence-electron chi connectivity index (χ2n) is 7.25. The summed E-state index contributed by atoms with van der Waals surface area (Å²) in [5, 5.41) is 24.3. The van der Waals surface area contributed by atoms with Gasteiger partial charge in [-0.15, -0.1) is 0 Å². The highest BCUT2D eigenvalue weighted by molar-refractivity contribution is 6.10. The summed E-state index contributed by atoms with van der Waals surface area (Å²) in [6.45, 7) is 1.64. The number of anilines is 2. The quantitative estimate of drug-likeness (QED) is 0.264. The van der Waals surface area contributed by atoms with Crippen LogP contribution in [0.2, 0.25) is 0 Å². The molecule has 0 bridgehead atoms. The molecule has 0 atom stereocenters. The summed E-state index contributed by atoms with van der Waals surface area (Å²) >= 11 is 0. The summed E-state index contributed by atoms with van der Waals surface area (Å²) in [5.74, 6) is -0.407. The second-order valence-corrected chi connectivity index (χ2v) is 7.25. The molecule has 0 unspecified atom stereocenters. The third-order valence-electron chi connectivity index (χ3n) is 4.70. The van der Waals surface area contributed by atoms with E-state index in [4.69, 9.17) is 9.47 Å². The van der Waals surface area contributed by atoms with Gasteiger partial charge in [0.25, 0.3) is 11.8 Å². The molecule has 8 nitrogen and oxygen atoms in total. The van der Waals surface area contributed by atoms with Gasteiger partial charge in [-0.1, -0.05) is 29.8 Å². The second kappa shape index (κ2) is 11.2. The number of amides is 2. The molecule has 34 heavy (non-hydrogen) atoms. The Morgan fingerprint density at radius 1 is 1.00 bits per heavy atom. The number of nitriles is 1. The molecule has 172 valence electrons. The summed E-state index contributed by atoms with van der Waals surface area (Å²) in [7, 11) is 1.45. The van der Waals surface area contributed by atoms with Crippen molar-refractivity contribution in [3.8, 4) is 23.3 Å². The predicted octanol–water partition coefficient (Wildman–Crippen LogP) is 4.27. The highest BCUT2D eigenvalue weighted by Crippen LogP contribution is 2.33. The standard InChI is InChI=1S/C26H23N3O5/c1-17-6-8-20(9-7-17)28-24(31)16-34-25-18(4-3-5-23(25)33-2)14-19(15-27)26(32)29-21-10-12-22(30)13-11-21/h3-14,30H,16H2,1-2H3,(H,28,31)(H,29,32). The van der Waals surface area contributed by atoms with Crippen LogP contribution in [0.1, 0.15) is 11.1 Å². The van der Waals surface area contributed by atoms with Crippen LogP contribution in [0.4, 0.5) is 11.4 Å². The number of aromatic hydroxyl groups is 1. The van der Waals surface area contributed by atoms with Crippen molar-refractivity contribution in [2.75, 3.05) is 24.4 Å². The molecule has 3 rings (SSSR count). The van der Waals surface area contributed by atoms with E-state index < -0.39 is 5.91 Å². The van der Waals surface area contributed by atoms with Crippen molar-refractivity contribution in [3.05, 3.63) is 83.4 Å². The lowest BCUT2D eigenvalue weighted by atomic mass is 10.1. The number of hydrogen-bond donors (Lipinski definition) is 3. The highest BCUT2D eigenvalue weighted by Gasteiger charge is 2.15. The molecule has 0 saturated carbocycles. The van der Waals surface area contributed by atoms with Crippen LogP contribution in [0.5, 0.6) is 17.2 Å². The van der Waals surface area contributed by atoms with E-state index in [0.717, 1.165) is 5.56 Å². The Bertz CT molecular complexity index is 1240. The number of aryl methyl sites for hydroxylation is 1. The average Bonchev–Trinajstić information content (AvgIpc) is 2.84. The van der Waals surface area contributed by atoms with E-state index in [1.807, 2.05) is 25.1 Å². The van der Waals surface area contributed by atoms with E-state index in [-0.39, 0.29) is 29.6 Å². The Morgan fingerprint density at radius 3 is 2.29 bits per heavy atom. The number of benzene rings is 3. The zero-order valence-electron chi connectivity index (χ0n) is 18.7. The van der Waals surface area contributed by atoms with Gasteiger partial charge in [-0.2, -0.15) is 5.26 Å². The Labute approximate surface area is 197 Å². The molecular formula is C26H23N3O5. The molecule has 3 N–H and O–H groups in total. The van der Waals surface area contributed by atoms with Gasteiger partial charge in [-0.25, -0.2) is 0 Å². The Morgan fingerprint density at radius 2 is 1.65 bits per heavy atom. The smallest absolute Gasteiger partial charge is 0.266 e. The Hall–Kier alpha value is -4.77. The van der Waals surface area contributed by atoms with Crippen LogP contribution in [-0.2, 0) is 9.59 Å². The molecule has 2 amide bonds. The molecule has 0 aliphatic carbocycles. The number of rotatable bonds is 8. The van der Waals surface area contributed by atoms with E-state index in [2.05, 4.69) is 10.6 Å². The minimum atomic E-state index is -0.640. The van der Waals surface area contributed by atoms with Crippen molar-refractivity contribution in [3.63, 3.8) is 0 Å². The summed E-state index contributed by atoms with van der Waals surface area (Å²) in [5.41, 5.74) is 2.33. The number of nitrogens with one attached hydrogen (secondary N) is 2. The third-order valence-corrected chi connectivity index (χ3v) is 4.70. The summed E-state index contributed by atoms with van der Waals surface area (Å²) < 4.78 is 11.1. The van der Waals surface area contributed by atoms with Crippen LogP contribution in [0.3, 0.4) is 0 Å². The minimum absolute atomic E-state index is 0.0543. The van der Waals surface area contributed by atoms with E-state index in [9.17, 15) is 20.0 Å². The molecule has 0 aliphatic heterocycles. The number of ether oxygens (including phenoxy) is 2. The number of para-hydroxylation sites is 1. The van der Waals surface area contributed by atoms with Gasteiger partial charge in [0.2, 0.25) is 0 Å². The molecule has 0 aliphatic rings. The fourth-order valence-electron chi connectivity index (χ4n) is 2.98. The van der Waals surface area contributed by atoms with Gasteiger partial charge in [0.15, 0.2) is 18.1 Å². The largest absolute Gasteiger partial charge is 0.508 e. The number of phenols is 1. The number of methoxy groups -OCH3 is 1. The lowest BCUT2D eigenvalue weighted by Crippen LogP contribution is -2.20. The van der Waals surface area contributed by atoms with Gasteiger partial charge in [-0.05, 0) is 55.5 Å². The average molecular weight is 457 g/mol. The summed E-state index contributed by atoms with van der Waals surface area (Å²) in [6.07, 6.45) is 1.35. The first-order valence-electron chi connectivity index (χ1n) is 10.3. The molecule has 0 saturated heterocycles. The molecule has 8 heteroatoms. The topological polar surface area (TPSA) is 121 Å². The van der Waals surface area contributed by atoms with Gasteiger partial charge in [0.1, 0.15) is 17.4 Å². The first-order chi connectivity index (χ1) is 16.4. The van der Waals surface area contributed by atoms with Crippen molar-refractivity contribution < 1.29 is 24.2 Å². The molecule has 0 radical (unpaired) electrons. The van der Waals surface area contributed by atoms with Crippen LogP contribution >= 0.6 is 0 Å². The number of hydrogen-bond acceptors (Lipinski definition) is 6. The number of phenolic OH excluding ortho intramolecular Hbond substituents is 1. The van der Waals surface area contributed by atoms with E-state index in [0.29, 0.717) is 22.7 Å². The van der Waals surface area contributed by atoms with E-state index in [1.165, 1.54) is 37.5 Å². The lowest BCUT2D eigenvalue weighted by Gasteiger charge is -2.14. The maximum atomic E-state index is 12.6. The molecule has 0 aromatic heterocycles. The van der Waals surface area contributed by atoms with Crippen molar-refractivity contribution in [1.82, 2.24) is 0 Å². The molecule has 0 heterocycles. The van der Waals surface area contributed by atoms with Crippen LogP contribution in [-0.4, -0.2) is 30.6 Å². The van der Waals surface area contributed by atoms with Crippen LogP contribution in [0.15, 0.2) is 72.3 Å². The first kappa shape index (κ1) is 23.9. The fraction of sp³-hybridized carbons (Fsp3) is 0.115. The monoisotopic (exact) mass is 457 g/mol. The highest BCUT2D eigenvalue weighted by atomic mass is 16.5.